The van der Waals surface area contributed by atoms with E-state index in [1.807, 2.05) is 0 Å². The molecule has 1 fully saturated rings. The van der Waals surface area contributed by atoms with Gasteiger partial charge in [-0.25, -0.2) is 9.59 Å². The van der Waals surface area contributed by atoms with Crippen LogP contribution in [0.25, 0.3) is 0 Å². The van der Waals surface area contributed by atoms with Gasteiger partial charge in [-0.1, -0.05) is 36.4 Å². The molecule has 0 aromatic heterocycles. The Hall–Kier alpha value is -2.74. The van der Waals surface area contributed by atoms with Gasteiger partial charge in [0, 0.05) is 0 Å². The molecule has 2 aromatic rings. The van der Waals surface area contributed by atoms with E-state index >= 15 is 0 Å². The van der Waals surface area contributed by atoms with Crippen molar-refractivity contribution in [1.82, 2.24) is 0 Å². The number of esters is 2. The van der Waals surface area contributed by atoms with Crippen molar-refractivity contribution in [3.63, 3.8) is 0 Å². The predicted octanol–water partition coefficient (Wildman–Crippen LogP) is 1.19. The summed E-state index contributed by atoms with van der Waals surface area (Å²) < 4.78 is 15.8. The third kappa shape index (κ3) is 4.71. The molecule has 0 radical (unpaired) electrons. The first kappa shape index (κ1) is 19.0. The highest BCUT2D eigenvalue weighted by Gasteiger charge is 2.43. The quantitative estimate of drug-likeness (QED) is 0.734. The van der Waals surface area contributed by atoms with Crippen LogP contribution in [0.5, 0.6) is 0 Å². The molecule has 2 aromatic carbocycles. The molecule has 0 unspecified atom stereocenters. The van der Waals surface area contributed by atoms with Gasteiger partial charge in [0.05, 0.1) is 11.1 Å². The van der Waals surface area contributed by atoms with E-state index in [2.05, 4.69) is 0 Å². The maximum atomic E-state index is 12.0. The van der Waals surface area contributed by atoms with E-state index in [-0.39, 0.29) is 13.2 Å². The molecule has 0 saturated carbocycles. The number of carbonyl (C=O) groups is 2. The normalized spacial score (nSPS) is 24.4. The van der Waals surface area contributed by atoms with Gasteiger partial charge in [0.25, 0.3) is 0 Å². The Balaban J connectivity index is 1.50. The average Bonchev–Trinajstić information content (AvgIpc) is 2.99. The van der Waals surface area contributed by atoms with Crippen molar-refractivity contribution >= 4 is 11.9 Å². The summed E-state index contributed by atoms with van der Waals surface area (Å²) in [6.07, 6.45) is -4.33. The van der Waals surface area contributed by atoms with Crippen LogP contribution < -0.4 is 0 Å². The summed E-state index contributed by atoms with van der Waals surface area (Å²) in [4.78, 5) is 23.9. The van der Waals surface area contributed by atoms with Crippen LogP contribution in [0.4, 0.5) is 0 Å². The minimum atomic E-state index is -1.26. The third-order valence-electron chi connectivity index (χ3n) is 4.24. The Morgan fingerprint density at radius 1 is 0.741 bits per heavy atom. The summed E-state index contributed by atoms with van der Waals surface area (Å²) in [5, 5.41) is 20.2. The second-order valence-corrected chi connectivity index (χ2v) is 6.12. The lowest BCUT2D eigenvalue weighted by Gasteiger charge is -2.15. The first-order chi connectivity index (χ1) is 13.1. The Kier molecular flexibility index (Phi) is 6.18. The van der Waals surface area contributed by atoms with Gasteiger partial charge in [-0.05, 0) is 24.3 Å². The minimum absolute atomic E-state index is 0.227. The van der Waals surface area contributed by atoms with E-state index in [1.165, 1.54) is 0 Å². The number of hydrogen-bond donors (Lipinski definition) is 2. The fraction of sp³-hybridized carbons (Fsp3) is 0.300. The van der Waals surface area contributed by atoms with Crippen LogP contribution in [0.3, 0.4) is 0 Å². The Bertz CT molecular complexity index is 697. The van der Waals surface area contributed by atoms with Gasteiger partial charge in [-0.2, -0.15) is 0 Å². The first-order valence-corrected chi connectivity index (χ1v) is 8.52. The smallest absolute Gasteiger partial charge is 0.338 e. The summed E-state index contributed by atoms with van der Waals surface area (Å²) in [5.74, 6) is -1.11. The summed E-state index contributed by atoms with van der Waals surface area (Å²) in [5.41, 5.74) is 0.748. The zero-order valence-electron chi connectivity index (χ0n) is 14.4. The van der Waals surface area contributed by atoms with Gasteiger partial charge >= 0.3 is 11.9 Å². The summed E-state index contributed by atoms with van der Waals surface area (Å²) in [6.45, 7) is -0.454. The Morgan fingerprint density at radius 2 is 1.11 bits per heavy atom. The number of carbonyl (C=O) groups excluding carboxylic acids is 2. The highest BCUT2D eigenvalue weighted by atomic mass is 16.6. The molecule has 1 aliphatic heterocycles. The van der Waals surface area contributed by atoms with Crippen molar-refractivity contribution in [2.75, 3.05) is 13.2 Å². The van der Waals surface area contributed by atoms with E-state index in [0.717, 1.165) is 0 Å². The molecule has 0 bridgehead atoms. The number of hydrogen-bond acceptors (Lipinski definition) is 7. The molecule has 2 N–H and O–H groups in total. The van der Waals surface area contributed by atoms with Crippen LogP contribution in [0, 0.1) is 0 Å². The second-order valence-electron chi connectivity index (χ2n) is 6.12. The maximum absolute atomic E-state index is 12.0. The Labute approximate surface area is 156 Å². The van der Waals surface area contributed by atoms with E-state index in [1.54, 1.807) is 60.7 Å². The topological polar surface area (TPSA) is 102 Å². The number of aliphatic hydroxyl groups is 2. The molecule has 1 heterocycles. The lowest BCUT2D eigenvalue weighted by Crippen LogP contribution is -2.36. The zero-order valence-corrected chi connectivity index (χ0v) is 14.4. The zero-order chi connectivity index (χ0) is 19.2. The van der Waals surface area contributed by atoms with Crippen molar-refractivity contribution in [3.05, 3.63) is 71.8 Å². The van der Waals surface area contributed by atoms with E-state index in [0.29, 0.717) is 11.1 Å². The number of aliphatic hydroxyl groups excluding tert-OH is 2. The molecule has 27 heavy (non-hydrogen) atoms. The van der Waals surface area contributed by atoms with Crippen molar-refractivity contribution in [3.8, 4) is 0 Å². The molecule has 7 heteroatoms. The molecule has 142 valence electrons. The maximum Gasteiger partial charge on any atom is 0.338 e. The van der Waals surface area contributed by atoms with Crippen LogP contribution in [0.15, 0.2) is 60.7 Å². The summed E-state index contributed by atoms with van der Waals surface area (Å²) in [7, 11) is 0. The minimum Gasteiger partial charge on any atom is -0.459 e. The highest BCUT2D eigenvalue weighted by molar-refractivity contribution is 5.89. The molecule has 0 spiro atoms. The standard InChI is InChI=1S/C20H20O7/c21-17-15(11-25-19(23)13-7-3-1-4-8-13)27-16(18(17)22)12-26-20(24)14-9-5-2-6-10-14/h1-10,15-18,21-22H,11-12H2/t15-,16-,17-,18-/m1/s1. The highest BCUT2D eigenvalue weighted by Crippen LogP contribution is 2.22. The second kappa shape index (κ2) is 8.77. The number of benzene rings is 2. The lowest BCUT2D eigenvalue weighted by atomic mass is 10.1. The average molecular weight is 372 g/mol. The van der Waals surface area contributed by atoms with Gasteiger partial charge < -0.3 is 24.4 Å². The van der Waals surface area contributed by atoms with E-state index in [4.69, 9.17) is 14.2 Å². The molecule has 1 saturated heterocycles. The largest absolute Gasteiger partial charge is 0.459 e. The molecular weight excluding hydrogens is 352 g/mol. The van der Waals surface area contributed by atoms with Crippen molar-refractivity contribution < 1.29 is 34.0 Å². The van der Waals surface area contributed by atoms with Gasteiger partial charge in [0.2, 0.25) is 0 Å². The third-order valence-corrected chi connectivity index (χ3v) is 4.24. The van der Waals surface area contributed by atoms with Crippen molar-refractivity contribution in [2.45, 2.75) is 24.4 Å². The van der Waals surface area contributed by atoms with E-state index < -0.39 is 36.4 Å². The number of rotatable bonds is 6. The Morgan fingerprint density at radius 3 is 1.48 bits per heavy atom. The monoisotopic (exact) mass is 372 g/mol. The van der Waals surface area contributed by atoms with Gasteiger partial charge in [0.15, 0.2) is 0 Å². The van der Waals surface area contributed by atoms with Crippen LogP contribution in [0.2, 0.25) is 0 Å². The fourth-order valence-electron chi connectivity index (χ4n) is 2.73. The molecule has 0 aliphatic carbocycles. The molecular formula is C20H20O7. The fourth-order valence-corrected chi connectivity index (χ4v) is 2.73. The van der Waals surface area contributed by atoms with E-state index in [9.17, 15) is 19.8 Å². The molecule has 3 rings (SSSR count). The van der Waals surface area contributed by atoms with Crippen molar-refractivity contribution in [2.24, 2.45) is 0 Å². The predicted molar refractivity (Wildman–Crippen MR) is 94.1 cm³/mol. The van der Waals surface area contributed by atoms with Gasteiger partial charge in [0.1, 0.15) is 37.6 Å². The van der Waals surface area contributed by atoms with Crippen molar-refractivity contribution in [1.29, 1.82) is 0 Å². The summed E-state index contributed by atoms with van der Waals surface area (Å²) >= 11 is 0. The SMILES string of the molecule is O=C(OC[C@H]1O[C@H](COC(=O)c2ccccc2)[C@@H](O)[C@@H]1O)c1ccccc1. The van der Waals surface area contributed by atoms with Gasteiger partial charge in [-0.3, -0.25) is 0 Å². The van der Waals surface area contributed by atoms with Crippen LogP contribution in [0.1, 0.15) is 20.7 Å². The molecule has 0 amide bonds. The van der Waals surface area contributed by atoms with Crippen LogP contribution in [-0.4, -0.2) is 59.8 Å². The molecule has 4 atom stereocenters. The first-order valence-electron chi connectivity index (χ1n) is 8.52. The lowest BCUT2D eigenvalue weighted by molar-refractivity contribution is -0.0514. The van der Waals surface area contributed by atoms with Crippen LogP contribution >= 0.6 is 0 Å². The number of ether oxygens (including phenoxy) is 3. The molecule has 7 nitrogen and oxygen atoms in total. The van der Waals surface area contributed by atoms with Crippen LogP contribution in [-0.2, 0) is 14.2 Å². The molecule has 1 aliphatic rings. The van der Waals surface area contributed by atoms with Gasteiger partial charge in [-0.15, -0.1) is 0 Å². The summed E-state index contributed by atoms with van der Waals surface area (Å²) in [6, 6.07) is 16.8.